The van der Waals surface area contributed by atoms with Gasteiger partial charge >= 0.3 is 0 Å². The van der Waals surface area contributed by atoms with Gasteiger partial charge in [0, 0.05) is 18.0 Å². The van der Waals surface area contributed by atoms with Crippen molar-refractivity contribution in [2.75, 3.05) is 0 Å². The first-order valence-electron chi connectivity index (χ1n) is 5.40. The van der Waals surface area contributed by atoms with Crippen molar-refractivity contribution in [2.24, 2.45) is 5.92 Å². The van der Waals surface area contributed by atoms with E-state index in [1.165, 1.54) is 12.8 Å². The molecule has 0 aromatic rings. The van der Waals surface area contributed by atoms with Crippen LogP contribution in [0.1, 0.15) is 47.0 Å². The second-order valence-electron chi connectivity index (χ2n) is 4.33. The van der Waals surface area contributed by atoms with Gasteiger partial charge in [0.05, 0.1) is 0 Å². The standard InChI is InChI=1S/C11H21NO/c1-5-8(2)11(13)12-9(3)6-7-10(12)4/h8-10H,5-7H2,1-4H3/t8?,9-,10+. The molecule has 1 aliphatic rings. The highest BCUT2D eigenvalue weighted by molar-refractivity contribution is 5.79. The predicted molar refractivity (Wildman–Crippen MR) is 54.5 cm³/mol. The van der Waals surface area contributed by atoms with Gasteiger partial charge in [-0.1, -0.05) is 13.8 Å². The molecule has 1 saturated heterocycles. The van der Waals surface area contributed by atoms with Crippen LogP contribution in [-0.2, 0) is 4.79 Å². The molecule has 0 aromatic heterocycles. The maximum Gasteiger partial charge on any atom is 0.225 e. The number of hydrogen-bond donors (Lipinski definition) is 0. The van der Waals surface area contributed by atoms with Crippen LogP contribution in [0.2, 0.25) is 0 Å². The second-order valence-corrected chi connectivity index (χ2v) is 4.33. The summed E-state index contributed by atoms with van der Waals surface area (Å²) in [7, 11) is 0. The lowest BCUT2D eigenvalue weighted by Crippen LogP contribution is -2.41. The molecular formula is C11H21NO. The molecule has 0 bridgehead atoms. The Labute approximate surface area is 81.3 Å². The molecule has 0 saturated carbocycles. The number of hydrogen-bond acceptors (Lipinski definition) is 1. The Kier molecular flexibility index (Phi) is 3.34. The third-order valence-corrected chi connectivity index (χ3v) is 3.24. The molecule has 2 nitrogen and oxygen atoms in total. The molecule has 0 aromatic carbocycles. The smallest absolute Gasteiger partial charge is 0.225 e. The lowest BCUT2D eigenvalue weighted by molar-refractivity contribution is -0.137. The van der Waals surface area contributed by atoms with Gasteiger partial charge in [0.1, 0.15) is 0 Å². The maximum atomic E-state index is 11.9. The summed E-state index contributed by atoms with van der Waals surface area (Å²) in [4.78, 5) is 14.0. The normalized spacial score (nSPS) is 30.6. The molecule has 3 atom stereocenters. The highest BCUT2D eigenvalue weighted by Crippen LogP contribution is 2.25. The molecule has 0 spiro atoms. The minimum atomic E-state index is 0.197. The first kappa shape index (κ1) is 10.6. The highest BCUT2D eigenvalue weighted by atomic mass is 16.2. The fourth-order valence-electron chi connectivity index (χ4n) is 2.06. The zero-order chi connectivity index (χ0) is 10.0. The van der Waals surface area contributed by atoms with Crippen molar-refractivity contribution < 1.29 is 4.79 Å². The van der Waals surface area contributed by atoms with Crippen molar-refractivity contribution in [2.45, 2.75) is 59.0 Å². The van der Waals surface area contributed by atoms with Gasteiger partial charge in [-0.2, -0.15) is 0 Å². The second kappa shape index (κ2) is 4.12. The Balaban J connectivity index is 2.64. The Bertz CT molecular complexity index is 181. The molecule has 0 radical (unpaired) electrons. The van der Waals surface area contributed by atoms with Gasteiger partial charge in [-0.25, -0.2) is 0 Å². The minimum Gasteiger partial charge on any atom is -0.337 e. The van der Waals surface area contributed by atoms with Crippen LogP contribution in [0.15, 0.2) is 0 Å². The summed E-state index contributed by atoms with van der Waals surface area (Å²) < 4.78 is 0. The van der Waals surface area contributed by atoms with Crippen LogP contribution in [0.4, 0.5) is 0 Å². The average Bonchev–Trinajstić information content (AvgIpc) is 2.44. The molecular weight excluding hydrogens is 162 g/mol. The monoisotopic (exact) mass is 183 g/mol. The molecule has 1 unspecified atom stereocenters. The van der Waals surface area contributed by atoms with Gasteiger partial charge in [0.2, 0.25) is 5.91 Å². The van der Waals surface area contributed by atoms with E-state index in [-0.39, 0.29) is 5.92 Å². The fourth-order valence-corrected chi connectivity index (χ4v) is 2.06. The number of carbonyl (C=O) groups excluding carboxylic acids is 1. The largest absolute Gasteiger partial charge is 0.337 e. The molecule has 1 fully saturated rings. The van der Waals surface area contributed by atoms with E-state index < -0.39 is 0 Å². The number of nitrogens with zero attached hydrogens (tertiary/aromatic N) is 1. The summed E-state index contributed by atoms with van der Waals surface area (Å²) in [6.07, 6.45) is 3.29. The average molecular weight is 183 g/mol. The van der Waals surface area contributed by atoms with Crippen molar-refractivity contribution in [3.05, 3.63) is 0 Å². The topological polar surface area (TPSA) is 20.3 Å². The SMILES string of the molecule is CCC(C)C(=O)N1[C@H](C)CC[C@@H]1C. The van der Waals surface area contributed by atoms with E-state index >= 15 is 0 Å². The van der Waals surface area contributed by atoms with Gasteiger partial charge in [0.15, 0.2) is 0 Å². The molecule has 0 N–H and O–H groups in total. The van der Waals surface area contributed by atoms with Crippen molar-refractivity contribution >= 4 is 5.91 Å². The molecule has 1 amide bonds. The van der Waals surface area contributed by atoms with E-state index in [2.05, 4.69) is 25.7 Å². The van der Waals surface area contributed by atoms with E-state index in [4.69, 9.17) is 0 Å². The Morgan fingerprint density at radius 2 is 1.85 bits per heavy atom. The summed E-state index contributed by atoms with van der Waals surface area (Å²) >= 11 is 0. The zero-order valence-electron chi connectivity index (χ0n) is 9.21. The van der Waals surface area contributed by atoms with Crippen LogP contribution >= 0.6 is 0 Å². The van der Waals surface area contributed by atoms with E-state index in [0.29, 0.717) is 18.0 Å². The lowest BCUT2D eigenvalue weighted by Gasteiger charge is -2.28. The van der Waals surface area contributed by atoms with Crippen LogP contribution in [0.25, 0.3) is 0 Å². The molecule has 13 heavy (non-hydrogen) atoms. The van der Waals surface area contributed by atoms with Crippen LogP contribution in [0.3, 0.4) is 0 Å². The van der Waals surface area contributed by atoms with E-state index in [1.807, 2.05) is 6.92 Å². The molecule has 1 heterocycles. The minimum absolute atomic E-state index is 0.197. The van der Waals surface area contributed by atoms with Crippen LogP contribution < -0.4 is 0 Å². The molecule has 1 aliphatic heterocycles. The summed E-state index contributed by atoms with van der Waals surface area (Å²) in [5, 5.41) is 0. The quantitative estimate of drug-likeness (QED) is 0.644. The molecule has 2 heteroatoms. The van der Waals surface area contributed by atoms with Gasteiger partial charge in [-0.05, 0) is 33.1 Å². The van der Waals surface area contributed by atoms with Gasteiger partial charge < -0.3 is 4.90 Å². The maximum absolute atomic E-state index is 11.9. The molecule has 76 valence electrons. The fraction of sp³-hybridized carbons (Fsp3) is 0.909. The van der Waals surface area contributed by atoms with E-state index in [9.17, 15) is 4.79 Å². The van der Waals surface area contributed by atoms with Crippen molar-refractivity contribution in [1.82, 2.24) is 4.90 Å². The lowest BCUT2D eigenvalue weighted by atomic mass is 10.1. The van der Waals surface area contributed by atoms with Crippen LogP contribution in [0, 0.1) is 5.92 Å². The van der Waals surface area contributed by atoms with Crippen molar-refractivity contribution in [1.29, 1.82) is 0 Å². The Hall–Kier alpha value is -0.530. The first-order chi connectivity index (χ1) is 6.07. The van der Waals surface area contributed by atoms with E-state index in [1.54, 1.807) is 0 Å². The van der Waals surface area contributed by atoms with E-state index in [0.717, 1.165) is 6.42 Å². The summed E-state index contributed by atoms with van der Waals surface area (Å²) in [5.74, 6) is 0.544. The van der Waals surface area contributed by atoms with Gasteiger partial charge in [0.25, 0.3) is 0 Å². The zero-order valence-corrected chi connectivity index (χ0v) is 9.21. The summed E-state index contributed by atoms with van der Waals surface area (Å²) in [6, 6.07) is 0.910. The number of likely N-dealkylation sites (tertiary alicyclic amines) is 1. The molecule has 1 rings (SSSR count). The summed E-state index contributed by atoms with van der Waals surface area (Å²) in [5.41, 5.74) is 0. The highest BCUT2D eigenvalue weighted by Gasteiger charge is 2.32. The predicted octanol–water partition coefficient (Wildman–Crippen LogP) is 2.43. The number of carbonyl (C=O) groups is 1. The summed E-state index contributed by atoms with van der Waals surface area (Å²) in [6.45, 7) is 8.42. The number of rotatable bonds is 2. The number of amides is 1. The Morgan fingerprint density at radius 1 is 1.38 bits per heavy atom. The third kappa shape index (κ3) is 2.04. The first-order valence-corrected chi connectivity index (χ1v) is 5.40. The van der Waals surface area contributed by atoms with Crippen LogP contribution in [-0.4, -0.2) is 22.9 Å². The van der Waals surface area contributed by atoms with Crippen LogP contribution in [0.5, 0.6) is 0 Å². The third-order valence-electron chi connectivity index (χ3n) is 3.24. The Morgan fingerprint density at radius 3 is 2.23 bits per heavy atom. The molecule has 0 aliphatic carbocycles. The van der Waals surface area contributed by atoms with Gasteiger partial charge in [-0.3, -0.25) is 4.79 Å². The van der Waals surface area contributed by atoms with Crippen molar-refractivity contribution in [3.8, 4) is 0 Å². The van der Waals surface area contributed by atoms with Gasteiger partial charge in [-0.15, -0.1) is 0 Å². The van der Waals surface area contributed by atoms with Crippen molar-refractivity contribution in [3.63, 3.8) is 0 Å².